The Morgan fingerprint density at radius 2 is 2.20 bits per heavy atom. The van der Waals surface area contributed by atoms with Crippen LogP contribution in [0.5, 0.6) is 0 Å². The monoisotopic (exact) mass is 235 g/mol. The number of halogens is 1. The van der Waals surface area contributed by atoms with Gasteiger partial charge >= 0.3 is 12.1 Å². The second kappa shape index (κ2) is 5.80. The lowest BCUT2D eigenvalue weighted by atomic mass is 10.0. The molecule has 0 aromatic rings. The molecule has 0 saturated carbocycles. The van der Waals surface area contributed by atoms with Gasteiger partial charge in [0, 0.05) is 6.54 Å². The summed E-state index contributed by atoms with van der Waals surface area (Å²) in [7, 11) is 1.31. The van der Waals surface area contributed by atoms with Crippen LogP contribution in [0.4, 0.5) is 4.79 Å². The van der Waals surface area contributed by atoms with Gasteiger partial charge in [-0.25, -0.2) is 9.59 Å². The molecule has 0 spiro atoms. The van der Waals surface area contributed by atoms with Gasteiger partial charge in [0.1, 0.15) is 6.04 Å². The van der Waals surface area contributed by atoms with Gasteiger partial charge in [-0.1, -0.05) is 11.6 Å². The van der Waals surface area contributed by atoms with Crippen molar-refractivity contribution in [3.63, 3.8) is 0 Å². The molecule has 1 heterocycles. The maximum atomic E-state index is 11.4. The van der Waals surface area contributed by atoms with E-state index >= 15 is 0 Å². The Morgan fingerprint density at radius 3 is 2.80 bits per heavy atom. The zero-order valence-electron chi connectivity index (χ0n) is 8.57. The summed E-state index contributed by atoms with van der Waals surface area (Å²) in [4.78, 5) is 24.2. The highest BCUT2D eigenvalue weighted by molar-refractivity contribution is 6.17. The Balaban J connectivity index is 2.65. The standard InChI is InChI=1S/C9H14ClNO4/c1-14-8(12)7-4-2-3-5-11(7)9(13)15-6-10/h7H,2-6H2,1H3. The minimum atomic E-state index is -0.555. The number of carbonyl (C=O) groups excluding carboxylic acids is 2. The maximum Gasteiger partial charge on any atom is 0.411 e. The average Bonchev–Trinajstić information content (AvgIpc) is 2.28. The SMILES string of the molecule is COC(=O)C1CCCCN1C(=O)OCCl. The van der Waals surface area contributed by atoms with Crippen LogP contribution in [-0.2, 0) is 14.3 Å². The zero-order valence-corrected chi connectivity index (χ0v) is 9.33. The first-order valence-electron chi connectivity index (χ1n) is 4.78. The topological polar surface area (TPSA) is 55.8 Å². The quantitative estimate of drug-likeness (QED) is 0.536. The number of nitrogens with zero attached hydrogens (tertiary/aromatic N) is 1. The highest BCUT2D eigenvalue weighted by Gasteiger charge is 2.33. The number of hydrogen-bond donors (Lipinski definition) is 0. The number of methoxy groups -OCH3 is 1. The summed E-state index contributed by atoms with van der Waals surface area (Å²) in [5.41, 5.74) is 0. The van der Waals surface area contributed by atoms with E-state index in [0.29, 0.717) is 13.0 Å². The Hall–Kier alpha value is -0.970. The molecule has 86 valence electrons. The Bertz CT molecular complexity index is 246. The molecule has 0 N–H and O–H groups in total. The van der Waals surface area contributed by atoms with Crippen LogP contribution in [-0.4, -0.2) is 42.7 Å². The van der Waals surface area contributed by atoms with Crippen molar-refractivity contribution in [3.05, 3.63) is 0 Å². The van der Waals surface area contributed by atoms with Gasteiger partial charge in [0.05, 0.1) is 7.11 Å². The second-order valence-electron chi connectivity index (χ2n) is 3.25. The van der Waals surface area contributed by atoms with Crippen molar-refractivity contribution in [1.29, 1.82) is 0 Å². The number of alkyl halides is 1. The number of piperidine rings is 1. The summed E-state index contributed by atoms with van der Waals surface area (Å²) in [5, 5.41) is 0. The molecule has 0 aromatic carbocycles. The molecular formula is C9H14ClNO4. The van der Waals surface area contributed by atoms with E-state index in [2.05, 4.69) is 9.47 Å². The number of ether oxygens (including phenoxy) is 2. The number of likely N-dealkylation sites (tertiary alicyclic amines) is 1. The Kier molecular flexibility index (Phi) is 4.68. The first-order valence-corrected chi connectivity index (χ1v) is 5.31. The predicted octanol–water partition coefficient (Wildman–Crippen LogP) is 1.35. The van der Waals surface area contributed by atoms with E-state index < -0.39 is 18.1 Å². The van der Waals surface area contributed by atoms with Crippen LogP contribution in [0.3, 0.4) is 0 Å². The van der Waals surface area contributed by atoms with Crippen molar-refractivity contribution < 1.29 is 19.1 Å². The average molecular weight is 236 g/mol. The summed E-state index contributed by atoms with van der Waals surface area (Å²) >= 11 is 5.29. The third-order valence-electron chi connectivity index (χ3n) is 2.39. The van der Waals surface area contributed by atoms with Crippen molar-refractivity contribution in [2.24, 2.45) is 0 Å². The van der Waals surface area contributed by atoms with E-state index in [-0.39, 0.29) is 6.07 Å². The van der Waals surface area contributed by atoms with Gasteiger partial charge in [0.2, 0.25) is 0 Å². The summed E-state index contributed by atoms with van der Waals surface area (Å²) in [6.45, 7) is 0.509. The van der Waals surface area contributed by atoms with E-state index in [4.69, 9.17) is 11.6 Å². The number of rotatable bonds is 2. The summed E-state index contributed by atoms with van der Waals surface area (Å²) in [6, 6.07) is -0.733. The van der Waals surface area contributed by atoms with Gasteiger partial charge in [-0.05, 0) is 19.3 Å². The molecule has 15 heavy (non-hydrogen) atoms. The maximum absolute atomic E-state index is 11.4. The lowest BCUT2D eigenvalue weighted by Crippen LogP contribution is -2.48. The number of carbonyl (C=O) groups is 2. The van der Waals surface area contributed by atoms with Crippen LogP contribution in [0.15, 0.2) is 0 Å². The van der Waals surface area contributed by atoms with Crippen molar-refractivity contribution in [3.8, 4) is 0 Å². The highest BCUT2D eigenvalue weighted by atomic mass is 35.5. The van der Waals surface area contributed by atoms with Crippen LogP contribution in [0.2, 0.25) is 0 Å². The number of hydrogen-bond acceptors (Lipinski definition) is 4. The molecule has 1 aliphatic heterocycles. The number of amides is 1. The van der Waals surface area contributed by atoms with Crippen molar-refractivity contribution >= 4 is 23.7 Å². The Morgan fingerprint density at radius 1 is 1.47 bits per heavy atom. The lowest BCUT2D eigenvalue weighted by Gasteiger charge is -2.32. The fourth-order valence-corrected chi connectivity index (χ4v) is 1.75. The first kappa shape index (κ1) is 12.1. The van der Waals surface area contributed by atoms with Crippen LogP contribution in [0, 0.1) is 0 Å². The fraction of sp³-hybridized carbons (Fsp3) is 0.778. The van der Waals surface area contributed by atoms with Crippen molar-refractivity contribution in [2.75, 3.05) is 19.7 Å². The van der Waals surface area contributed by atoms with Crippen molar-refractivity contribution in [1.82, 2.24) is 4.90 Å². The summed E-state index contributed by atoms with van der Waals surface area (Å²) in [6.07, 6.45) is 1.83. The molecule has 1 aliphatic rings. The normalized spacial score (nSPS) is 20.9. The van der Waals surface area contributed by atoms with Crippen molar-refractivity contribution in [2.45, 2.75) is 25.3 Å². The first-order chi connectivity index (χ1) is 7.20. The molecule has 1 atom stereocenters. The summed E-state index contributed by atoms with van der Waals surface area (Å²) < 4.78 is 9.28. The molecule has 5 nitrogen and oxygen atoms in total. The Labute approximate surface area is 93.3 Å². The largest absolute Gasteiger partial charge is 0.467 e. The van der Waals surface area contributed by atoms with Crippen LogP contribution < -0.4 is 0 Å². The lowest BCUT2D eigenvalue weighted by molar-refractivity contribution is -0.147. The molecule has 0 aliphatic carbocycles. The van der Waals surface area contributed by atoms with E-state index in [0.717, 1.165) is 12.8 Å². The van der Waals surface area contributed by atoms with Gasteiger partial charge in [0.25, 0.3) is 0 Å². The molecule has 6 heteroatoms. The molecule has 1 amide bonds. The minimum Gasteiger partial charge on any atom is -0.467 e. The van der Waals surface area contributed by atoms with Crippen LogP contribution >= 0.6 is 11.6 Å². The third-order valence-corrected chi connectivity index (χ3v) is 2.50. The number of esters is 1. The third kappa shape index (κ3) is 2.99. The van der Waals surface area contributed by atoms with E-state index in [9.17, 15) is 9.59 Å². The summed E-state index contributed by atoms with van der Waals surface area (Å²) in [5.74, 6) is -0.402. The predicted molar refractivity (Wildman–Crippen MR) is 53.6 cm³/mol. The molecule has 1 rings (SSSR count). The molecule has 0 aromatic heterocycles. The minimum absolute atomic E-state index is 0.205. The van der Waals surface area contributed by atoms with Crippen LogP contribution in [0.1, 0.15) is 19.3 Å². The highest BCUT2D eigenvalue weighted by Crippen LogP contribution is 2.19. The molecule has 0 radical (unpaired) electrons. The van der Waals surface area contributed by atoms with Gasteiger partial charge < -0.3 is 9.47 Å². The fourth-order valence-electron chi connectivity index (χ4n) is 1.66. The molecule has 1 unspecified atom stereocenters. The van der Waals surface area contributed by atoms with Gasteiger partial charge in [-0.15, -0.1) is 0 Å². The molecule has 0 bridgehead atoms. The van der Waals surface area contributed by atoms with Crippen LogP contribution in [0.25, 0.3) is 0 Å². The smallest absolute Gasteiger partial charge is 0.411 e. The zero-order chi connectivity index (χ0) is 11.3. The van der Waals surface area contributed by atoms with Gasteiger partial charge in [-0.3, -0.25) is 4.90 Å². The molecule has 1 saturated heterocycles. The van der Waals surface area contributed by atoms with Gasteiger partial charge in [0.15, 0.2) is 6.07 Å². The van der Waals surface area contributed by atoms with E-state index in [1.165, 1.54) is 12.0 Å². The van der Waals surface area contributed by atoms with Gasteiger partial charge in [-0.2, -0.15) is 0 Å². The second-order valence-corrected chi connectivity index (χ2v) is 3.47. The molecule has 1 fully saturated rings. The molecular weight excluding hydrogens is 222 g/mol. The van der Waals surface area contributed by atoms with E-state index in [1.807, 2.05) is 0 Å². The van der Waals surface area contributed by atoms with E-state index in [1.54, 1.807) is 0 Å².